The molecule has 1 N–H and O–H groups in total. The Kier molecular flexibility index (Phi) is 7.79. The zero-order valence-electron chi connectivity index (χ0n) is 18.3. The van der Waals surface area contributed by atoms with Gasteiger partial charge in [0, 0.05) is 43.3 Å². The summed E-state index contributed by atoms with van der Waals surface area (Å²) in [5, 5.41) is 11.9. The molecule has 4 rings (SSSR count). The van der Waals surface area contributed by atoms with Gasteiger partial charge in [-0.1, -0.05) is 29.5 Å². The maximum atomic E-state index is 12.6. The van der Waals surface area contributed by atoms with Crippen molar-refractivity contribution in [3.63, 3.8) is 0 Å². The number of hydrogen-bond acceptors (Lipinski definition) is 8. The largest absolute Gasteiger partial charge is 0.497 e. The van der Waals surface area contributed by atoms with E-state index in [9.17, 15) is 9.59 Å². The van der Waals surface area contributed by atoms with Crippen LogP contribution in [0.2, 0.25) is 0 Å². The number of carbonyl (C=O) groups excluding carboxylic acids is 2. The highest BCUT2D eigenvalue weighted by atomic mass is 32.2. The van der Waals surface area contributed by atoms with Crippen LogP contribution in [0.4, 0.5) is 11.4 Å². The number of amides is 2. The first-order valence-corrected chi connectivity index (χ1v) is 12.5. The van der Waals surface area contributed by atoms with E-state index in [0.29, 0.717) is 22.2 Å². The molecule has 3 aromatic rings. The van der Waals surface area contributed by atoms with E-state index in [4.69, 9.17) is 4.74 Å². The zero-order chi connectivity index (χ0) is 23.0. The summed E-state index contributed by atoms with van der Waals surface area (Å²) in [6.45, 7) is 3.12. The molecule has 1 aromatic heterocycles. The summed E-state index contributed by atoms with van der Waals surface area (Å²) in [5.74, 6) is 1.48. The topological polar surface area (TPSA) is 87.7 Å². The van der Waals surface area contributed by atoms with Gasteiger partial charge >= 0.3 is 0 Å². The van der Waals surface area contributed by atoms with E-state index in [0.717, 1.165) is 36.9 Å². The summed E-state index contributed by atoms with van der Waals surface area (Å²) in [6.07, 6.45) is 0. The molecular formula is C23H25N5O3S2. The van der Waals surface area contributed by atoms with E-state index in [1.165, 1.54) is 28.8 Å². The van der Waals surface area contributed by atoms with Crippen LogP contribution in [0.1, 0.15) is 14.8 Å². The van der Waals surface area contributed by atoms with Crippen LogP contribution in [0.25, 0.3) is 0 Å². The van der Waals surface area contributed by atoms with Crippen molar-refractivity contribution in [2.45, 2.75) is 5.75 Å². The smallest absolute Gasteiger partial charge is 0.286 e. The number of ether oxygens (including phenoxy) is 1. The van der Waals surface area contributed by atoms with Gasteiger partial charge in [-0.2, -0.15) is 0 Å². The fourth-order valence-corrected chi connectivity index (χ4v) is 5.14. The van der Waals surface area contributed by atoms with E-state index in [1.54, 1.807) is 31.4 Å². The van der Waals surface area contributed by atoms with E-state index < -0.39 is 0 Å². The van der Waals surface area contributed by atoms with Gasteiger partial charge in [-0.15, -0.1) is 22.0 Å². The van der Waals surface area contributed by atoms with E-state index in [1.807, 2.05) is 23.1 Å². The number of rotatable bonds is 8. The second-order valence-electron chi connectivity index (χ2n) is 7.38. The van der Waals surface area contributed by atoms with Crippen LogP contribution in [0.5, 0.6) is 5.75 Å². The molecule has 0 bridgehead atoms. The predicted molar refractivity (Wildman–Crippen MR) is 132 cm³/mol. The van der Waals surface area contributed by atoms with Gasteiger partial charge in [-0.05, 0) is 36.4 Å². The third-order valence-electron chi connectivity index (χ3n) is 5.21. The lowest BCUT2D eigenvalue weighted by atomic mass is 10.2. The molecule has 33 heavy (non-hydrogen) atoms. The van der Waals surface area contributed by atoms with Crippen LogP contribution in [-0.2, 0) is 10.5 Å². The summed E-state index contributed by atoms with van der Waals surface area (Å²) in [6, 6.07) is 17.3. The lowest BCUT2D eigenvalue weighted by molar-refractivity contribution is -0.128. The summed E-state index contributed by atoms with van der Waals surface area (Å²) in [4.78, 5) is 29.2. The normalized spacial score (nSPS) is 13.6. The van der Waals surface area contributed by atoms with Crippen LogP contribution >= 0.6 is 23.1 Å². The fourth-order valence-electron chi connectivity index (χ4n) is 3.43. The summed E-state index contributed by atoms with van der Waals surface area (Å²) < 4.78 is 5.11. The zero-order valence-corrected chi connectivity index (χ0v) is 19.9. The molecule has 1 saturated heterocycles. The van der Waals surface area contributed by atoms with Crippen molar-refractivity contribution in [2.24, 2.45) is 0 Å². The van der Waals surface area contributed by atoms with Gasteiger partial charge < -0.3 is 19.9 Å². The average Bonchev–Trinajstić information content (AvgIpc) is 3.34. The number of nitrogens with zero attached hydrogens (tertiary/aromatic N) is 4. The van der Waals surface area contributed by atoms with Crippen LogP contribution in [-0.4, -0.2) is 66.0 Å². The molecule has 1 fully saturated rings. The third kappa shape index (κ3) is 6.23. The van der Waals surface area contributed by atoms with Crippen LogP contribution < -0.4 is 15.0 Å². The Morgan fingerprint density at radius 2 is 1.76 bits per heavy atom. The minimum absolute atomic E-state index is 0.134. The van der Waals surface area contributed by atoms with Gasteiger partial charge in [0.1, 0.15) is 10.8 Å². The molecule has 0 radical (unpaired) electrons. The second-order valence-corrected chi connectivity index (χ2v) is 9.43. The average molecular weight is 484 g/mol. The first kappa shape index (κ1) is 23.1. The quantitative estimate of drug-likeness (QED) is 0.526. The molecule has 8 nitrogen and oxygen atoms in total. The van der Waals surface area contributed by atoms with Gasteiger partial charge in [0.25, 0.3) is 5.91 Å². The molecule has 1 aliphatic rings. The minimum atomic E-state index is -0.304. The number of nitrogens with one attached hydrogen (secondary N) is 1. The van der Waals surface area contributed by atoms with E-state index >= 15 is 0 Å². The number of methoxy groups -OCH3 is 1. The first-order chi connectivity index (χ1) is 16.1. The number of carbonyl (C=O) groups is 2. The maximum absolute atomic E-state index is 12.6. The summed E-state index contributed by atoms with van der Waals surface area (Å²) in [5.41, 5.74) is 1.85. The van der Waals surface area contributed by atoms with Crippen LogP contribution in [0.15, 0.2) is 54.6 Å². The van der Waals surface area contributed by atoms with Gasteiger partial charge in [0.05, 0.1) is 12.9 Å². The molecule has 10 heteroatoms. The standard InChI is InChI=1S/C23H25N5O3S2/c1-31-19-9-7-17(8-10-19)24-22(30)23-26-25-20(33-23)15-32-16-21(29)28-13-11-27(12-14-28)18-5-3-2-4-6-18/h2-10H,11-16H2,1H3,(H,24,30). The van der Waals surface area contributed by atoms with Gasteiger partial charge in [-0.25, -0.2) is 0 Å². The second kappa shape index (κ2) is 11.2. The molecule has 1 aliphatic heterocycles. The van der Waals surface area contributed by atoms with Gasteiger partial charge in [-0.3, -0.25) is 9.59 Å². The van der Waals surface area contributed by atoms with Crippen molar-refractivity contribution < 1.29 is 14.3 Å². The molecule has 172 valence electrons. The summed E-state index contributed by atoms with van der Waals surface area (Å²) >= 11 is 2.74. The molecule has 0 unspecified atom stereocenters. The maximum Gasteiger partial charge on any atom is 0.286 e. The van der Waals surface area contributed by atoms with E-state index in [2.05, 4.69) is 32.5 Å². The Morgan fingerprint density at radius 1 is 1.03 bits per heavy atom. The minimum Gasteiger partial charge on any atom is -0.497 e. The number of benzene rings is 2. The van der Waals surface area contributed by atoms with Crippen LogP contribution in [0.3, 0.4) is 0 Å². The Morgan fingerprint density at radius 3 is 2.45 bits per heavy atom. The monoisotopic (exact) mass is 483 g/mol. The Balaban J connectivity index is 1.19. The Hall–Kier alpha value is -3.11. The first-order valence-electron chi connectivity index (χ1n) is 10.6. The molecule has 2 heterocycles. The molecule has 2 aromatic carbocycles. The highest BCUT2D eigenvalue weighted by Crippen LogP contribution is 2.21. The highest BCUT2D eigenvalue weighted by molar-refractivity contribution is 7.99. The molecule has 0 atom stereocenters. The predicted octanol–water partition coefficient (Wildman–Crippen LogP) is 3.38. The van der Waals surface area contributed by atoms with Crippen molar-refractivity contribution in [3.8, 4) is 5.75 Å². The van der Waals surface area contributed by atoms with Gasteiger partial charge in [0.2, 0.25) is 10.9 Å². The number of thioether (sulfide) groups is 1. The van der Waals surface area contributed by atoms with Crippen LogP contribution in [0, 0.1) is 0 Å². The Bertz CT molecular complexity index is 1070. The van der Waals surface area contributed by atoms with Gasteiger partial charge in [0.15, 0.2) is 0 Å². The van der Waals surface area contributed by atoms with Crippen molar-refractivity contribution >= 4 is 46.3 Å². The number of anilines is 2. The lowest BCUT2D eigenvalue weighted by Crippen LogP contribution is -2.49. The molecule has 2 amide bonds. The van der Waals surface area contributed by atoms with Crippen molar-refractivity contribution in [2.75, 3.05) is 49.3 Å². The summed E-state index contributed by atoms with van der Waals surface area (Å²) in [7, 11) is 1.59. The SMILES string of the molecule is COc1ccc(NC(=O)c2nnc(CSCC(=O)N3CCN(c4ccccc4)CC3)s2)cc1. The molecular weight excluding hydrogens is 458 g/mol. The molecule has 0 aliphatic carbocycles. The van der Waals surface area contributed by atoms with Crippen molar-refractivity contribution in [3.05, 3.63) is 64.6 Å². The third-order valence-corrected chi connectivity index (χ3v) is 7.25. The number of hydrogen-bond donors (Lipinski definition) is 1. The highest BCUT2D eigenvalue weighted by Gasteiger charge is 2.21. The molecule has 0 saturated carbocycles. The lowest BCUT2D eigenvalue weighted by Gasteiger charge is -2.36. The van der Waals surface area contributed by atoms with E-state index in [-0.39, 0.29) is 11.8 Å². The van der Waals surface area contributed by atoms with Crippen molar-refractivity contribution in [1.82, 2.24) is 15.1 Å². The number of piperazine rings is 1. The fraction of sp³-hybridized carbons (Fsp3) is 0.304. The molecule has 0 spiro atoms. The van der Waals surface area contributed by atoms with Crippen molar-refractivity contribution in [1.29, 1.82) is 0 Å². The number of para-hydroxylation sites is 1. The number of aromatic nitrogens is 2. The Labute approximate surface area is 201 Å².